The molecular weight excluding hydrogens is 184 g/mol. The second-order valence-corrected chi connectivity index (χ2v) is 4.00. The number of hydrogen-bond acceptors (Lipinski definition) is 3. The largest absolute Gasteiger partial charge is 0.465 e. The fourth-order valence-electron chi connectivity index (χ4n) is 2.24. The molecule has 0 radical (unpaired) electrons. The maximum Gasteiger partial charge on any atom is 0.407 e. The molecule has 80 valence electrons. The Bertz CT molecular complexity index is 234. The van der Waals surface area contributed by atoms with Crippen LogP contribution in [0.4, 0.5) is 4.79 Å². The van der Waals surface area contributed by atoms with Crippen LogP contribution in [0.5, 0.6) is 0 Å². The minimum absolute atomic E-state index is 0.00236. The van der Waals surface area contributed by atoms with Gasteiger partial charge in [0.05, 0.1) is 18.8 Å². The molecule has 0 saturated carbocycles. The highest BCUT2D eigenvalue weighted by atomic mass is 16.5. The maximum atomic E-state index is 10.9. The van der Waals surface area contributed by atoms with Crippen molar-refractivity contribution in [3.63, 3.8) is 0 Å². The van der Waals surface area contributed by atoms with Crippen molar-refractivity contribution in [2.24, 2.45) is 0 Å². The fraction of sp³-hybridized carbons (Fsp3) is 0.889. The highest BCUT2D eigenvalue weighted by molar-refractivity contribution is 5.65. The third-order valence-electron chi connectivity index (χ3n) is 3.00. The second kappa shape index (κ2) is 3.74. The molecule has 2 rings (SSSR count). The normalized spacial score (nSPS) is 37.8. The van der Waals surface area contributed by atoms with Gasteiger partial charge < -0.3 is 15.2 Å². The third-order valence-corrected chi connectivity index (χ3v) is 3.00. The summed E-state index contributed by atoms with van der Waals surface area (Å²) in [5.41, 5.74) is 0. The summed E-state index contributed by atoms with van der Waals surface area (Å²) in [4.78, 5) is 12.4. The van der Waals surface area contributed by atoms with Crippen molar-refractivity contribution >= 4 is 6.09 Å². The van der Waals surface area contributed by atoms with Crippen molar-refractivity contribution in [3.05, 3.63) is 0 Å². The van der Waals surface area contributed by atoms with Crippen molar-refractivity contribution in [2.45, 2.75) is 31.5 Å². The quantitative estimate of drug-likeness (QED) is 0.583. The molecule has 14 heavy (non-hydrogen) atoms. The highest BCUT2D eigenvalue weighted by Gasteiger charge is 2.38. The van der Waals surface area contributed by atoms with Crippen molar-refractivity contribution in [1.29, 1.82) is 0 Å². The van der Waals surface area contributed by atoms with Gasteiger partial charge in [-0.1, -0.05) is 0 Å². The lowest BCUT2D eigenvalue weighted by atomic mass is 9.96. The lowest BCUT2D eigenvalue weighted by Gasteiger charge is -2.44. The van der Waals surface area contributed by atoms with Gasteiger partial charge in [-0.15, -0.1) is 0 Å². The van der Waals surface area contributed by atoms with Crippen molar-refractivity contribution in [2.75, 3.05) is 19.7 Å². The van der Waals surface area contributed by atoms with E-state index in [-0.39, 0.29) is 12.1 Å². The number of carbonyl (C=O) groups is 1. The van der Waals surface area contributed by atoms with Crippen LogP contribution in [0.15, 0.2) is 0 Å². The van der Waals surface area contributed by atoms with Gasteiger partial charge in [-0.2, -0.15) is 0 Å². The molecule has 5 nitrogen and oxygen atoms in total. The molecule has 2 fully saturated rings. The second-order valence-electron chi connectivity index (χ2n) is 4.00. The Balaban J connectivity index is 2.06. The van der Waals surface area contributed by atoms with Crippen LogP contribution < -0.4 is 5.32 Å². The van der Waals surface area contributed by atoms with E-state index in [0.717, 1.165) is 6.42 Å². The zero-order chi connectivity index (χ0) is 10.1. The molecule has 0 aromatic carbocycles. The number of morpholine rings is 1. The topological polar surface area (TPSA) is 61.8 Å². The highest BCUT2D eigenvalue weighted by Crippen LogP contribution is 2.21. The average Bonchev–Trinajstić information content (AvgIpc) is 2.16. The molecule has 0 unspecified atom stereocenters. The number of fused-ring (bicyclic) bond motifs is 1. The predicted molar refractivity (Wildman–Crippen MR) is 50.3 cm³/mol. The lowest BCUT2D eigenvalue weighted by molar-refractivity contribution is -0.0786. The van der Waals surface area contributed by atoms with Crippen LogP contribution >= 0.6 is 0 Å². The van der Waals surface area contributed by atoms with Crippen molar-refractivity contribution in [3.8, 4) is 0 Å². The zero-order valence-corrected chi connectivity index (χ0v) is 8.27. The predicted octanol–water partition coefficient (Wildman–Crippen LogP) is 0.116. The molecule has 5 heteroatoms. The number of nitrogens with one attached hydrogen (secondary N) is 1. The molecule has 0 aromatic heterocycles. The molecule has 2 heterocycles. The standard InChI is InChI=1S/C9H16N2O3/c1-6-4-8-7(5-10-6)11(9(12)13)2-3-14-8/h6-8,10H,2-5H2,1H3,(H,12,13)/t6-,7-,8+/m0/s1. The first-order chi connectivity index (χ1) is 6.68. The Labute approximate surface area is 83.0 Å². The molecular formula is C9H16N2O3. The Morgan fingerprint density at radius 2 is 2.43 bits per heavy atom. The molecule has 3 atom stereocenters. The van der Waals surface area contributed by atoms with Gasteiger partial charge in [-0.05, 0) is 13.3 Å². The summed E-state index contributed by atoms with van der Waals surface area (Å²) >= 11 is 0. The average molecular weight is 200 g/mol. The monoisotopic (exact) mass is 200 g/mol. The summed E-state index contributed by atoms with van der Waals surface area (Å²) in [5, 5.41) is 12.3. The molecule has 1 amide bonds. The van der Waals surface area contributed by atoms with Crippen LogP contribution in [-0.4, -0.2) is 54.0 Å². The van der Waals surface area contributed by atoms with Gasteiger partial charge in [0.25, 0.3) is 0 Å². The fourth-order valence-corrected chi connectivity index (χ4v) is 2.24. The van der Waals surface area contributed by atoms with Crippen LogP contribution in [0.2, 0.25) is 0 Å². The van der Waals surface area contributed by atoms with Gasteiger partial charge in [0.15, 0.2) is 0 Å². The van der Waals surface area contributed by atoms with E-state index in [0.29, 0.717) is 25.7 Å². The first kappa shape index (κ1) is 9.73. The molecule has 2 saturated heterocycles. The van der Waals surface area contributed by atoms with Crippen LogP contribution in [0.3, 0.4) is 0 Å². The molecule has 2 N–H and O–H groups in total. The Morgan fingerprint density at radius 1 is 1.64 bits per heavy atom. The van der Waals surface area contributed by atoms with Gasteiger partial charge in [0.2, 0.25) is 0 Å². The summed E-state index contributed by atoms with van der Waals surface area (Å²) < 4.78 is 5.59. The van der Waals surface area contributed by atoms with E-state index in [2.05, 4.69) is 12.2 Å². The van der Waals surface area contributed by atoms with Crippen LogP contribution in [0.1, 0.15) is 13.3 Å². The minimum Gasteiger partial charge on any atom is -0.465 e. The molecule has 0 bridgehead atoms. The number of hydrogen-bond donors (Lipinski definition) is 2. The van der Waals surface area contributed by atoms with Gasteiger partial charge in [-0.3, -0.25) is 4.90 Å². The summed E-state index contributed by atoms with van der Waals surface area (Å²) in [6.07, 6.45) is 0.143. The van der Waals surface area contributed by atoms with Gasteiger partial charge in [0, 0.05) is 19.1 Å². The molecule has 2 aliphatic heterocycles. The number of amides is 1. The van der Waals surface area contributed by atoms with Crippen LogP contribution in [0.25, 0.3) is 0 Å². The number of piperidine rings is 1. The zero-order valence-electron chi connectivity index (χ0n) is 8.27. The number of rotatable bonds is 0. The smallest absolute Gasteiger partial charge is 0.407 e. The first-order valence-corrected chi connectivity index (χ1v) is 5.03. The number of ether oxygens (including phenoxy) is 1. The maximum absolute atomic E-state index is 10.9. The van der Waals surface area contributed by atoms with E-state index < -0.39 is 6.09 Å². The van der Waals surface area contributed by atoms with Gasteiger partial charge in [0.1, 0.15) is 0 Å². The summed E-state index contributed by atoms with van der Waals surface area (Å²) in [5.74, 6) is 0. The summed E-state index contributed by atoms with van der Waals surface area (Å²) in [7, 11) is 0. The van der Waals surface area contributed by atoms with E-state index in [1.807, 2.05) is 0 Å². The van der Waals surface area contributed by atoms with Crippen molar-refractivity contribution < 1.29 is 14.6 Å². The van der Waals surface area contributed by atoms with E-state index in [1.165, 1.54) is 4.90 Å². The Hall–Kier alpha value is -0.810. The van der Waals surface area contributed by atoms with E-state index >= 15 is 0 Å². The number of nitrogens with zero attached hydrogens (tertiary/aromatic N) is 1. The van der Waals surface area contributed by atoms with E-state index in [4.69, 9.17) is 9.84 Å². The molecule has 0 aliphatic carbocycles. The molecule has 0 aromatic rings. The lowest BCUT2D eigenvalue weighted by Crippen LogP contribution is -2.62. The molecule has 2 aliphatic rings. The van der Waals surface area contributed by atoms with E-state index in [9.17, 15) is 4.79 Å². The van der Waals surface area contributed by atoms with Gasteiger partial charge in [-0.25, -0.2) is 4.79 Å². The number of carboxylic acid groups (broad SMARTS) is 1. The third kappa shape index (κ3) is 1.69. The SMILES string of the molecule is C[C@H]1C[C@H]2OCCN(C(=O)O)[C@H]2CN1. The van der Waals surface area contributed by atoms with Crippen LogP contribution in [0, 0.1) is 0 Å². The minimum atomic E-state index is -0.834. The van der Waals surface area contributed by atoms with Gasteiger partial charge >= 0.3 is 6.09 Å². The van der Waals surface area contributed by atoms with Crippen molar-refractivity contribution in [1.82, 2.24) is 10.2 Å². The van der Waals surface area contributed by atoms with E-state index in [1.54, 1.807) is 0 Å². The summed E-state index contributed by atoms with van der Waals surface area (Å²) in [6, 6.07) is 0.419. The summed E-state index contributed by atoms with van der Waals surface area (Å²) in [6.45, 7) is 3.82. The Morgan fingerprint density at radius 3 is 3.14 bits per heavy atom. The first-order valence-electron chi connectivity index (χ1n) is 5.03. The van der Waals surface area contributed by atoms with Crippen LogP contribution in [-0.2, 0) is 4.74 Å². The molecule has 0 spiro atoms. The Kier molecular flexibility index (Phi) is 2.60.